The molecule has 3 aromatic rings. The van der Waals surface area contributed by atoms with Gasteiger partial charge in [0, 0.05) is 6.07 Å². The smallest absolute Gasteiger partial charge is 0.206 e. The molecule has 0 aliphatic heterocycles. The highest BCUT2D eigenvalue weighted by Crippen LogP contribution is 2.23. The van der Waals surface area contributed by atoms with Gasteiger partial charge in [-0.05, 0) is 66.6 Å². The fourth-order valence-corrected chi connectivity index (χ4v) is 3.14. The first-order valence-corrected chi connectivity index (χ1v) is 10.1. The molecule has 3 aromatic carbocycles. The highest BCUT2D eigenvalue weighted by Gasteiger charge is 2.17. The molecule has 0 atom stereocenters. The topological polar surface area (TPSA) is 115 Å². The predicted octanol–water partition coefficient (Wildman–Crippen LogP) is 4.65. The van der Waals surface area contributed by atoms with Crippen LogP contribution in [0.5, 0.6) is 23.0 Å². The number of phenols is 4. The van der Waals surface area contributed by atoms with Gasteiger partial charge in [-0.2, -0.15) is 0 Å². The van der Waals surface area contributed by atoms with Crippen molar-refractivity contribution >= 4 is 9.84 Å². The number of rotatable bonds is 2. The fraction of sp³-hybridized carbons (Fsp3) is 0.136. The number of benzene rings is 3. The van der Waals surface area contributed by atoms with Gasteiger partial charge in [0.1, 0.15) is 23.0 Å². The molecule has 0 saturated carbocycles. The lowest BCUT2D eigenvalue weighted by Gasteiger charge is -2.04. The predicted molar refractivity (Wildman–Crippen MR) is 112 cm³/mol. The lowest BCUT2D eigenvalue weighted by molar-refractivity contribution is 0.450. The summed E-state index contributed by atoms with van der Waals surface area (Å²) in [6.07, 6.45) is 0. The maximum atomic E-state index is 12.1. The van der Waals surface area contributed by atoms with Gasteiger partial charge in [-0.15, -0.1) is 0 Å². The molecule has 0 aromatic heterocycles. The van der Waals surface area contributed by atoms with Gasteiger partial charge in [-0.1, -0.05) is 26.8 Å². The average Bonchev–Trinajstić information content (AvgIpc) is 2.62. The summed E-state index contributed by atoms with van der Waals surface area (Å²) in [6.45, 7) is 6.25. The van der Waals surface area contributed by atoms with E-state index in [0.717, 1.165) is 0 Å². The van der Waals surface area contributed by atoms with E-state index in [9.17, 15) is 8.42 Å². The van der Waals surface area contributed by atoms with E-state index < -0.39 is 9.84 Å². The molecule has 7 heteroatoms. The second kappa shape index (κ2) is 11.0. The maximum Gasteiger partial charge on any atom is 0.206 e. The molecule has 0 heterocycles. The van der Waals surface area contributed by atoms with Crippen LogP contribution in [0.2, 0.25) is 0 Å². The van der Waals surface area contributed by atoms with Crippen molar-refractivity contribution in [1.29, 1.82) is 0 Å². The first-order chi connectivity index (χ1) is 13.5. The molecule has 0 aliphatic rings. The Bertz CT molecular complexity index is 907. The first-order valence-electron chi connectivity index (χ1n) is 8.60. The van der Waals surface area contributed by atoms with Gasteiger partial charge in [0.2, 0.25) is 9.84 Å². The van der Waals surface area contributed by atoms with Gasteiger partial charge in [0.15, 0.2) is 0 Å². The Morgan fingerprint density at radius 3 is 1.14 bits per heavy atom. The van der Waals surface area contributed by atoms with Gasteiger partial charge < -0.3 is 20.4 Å². The van der Waals surface area contributed by atoms with Crippen LogP contribution in [0, 0.1) is 5.92 Å². The van der Waals surface area contributed by atoms with Gasteiger partial charge in [0.05, 0.1) is 9.79 Å². The Labute approximate surface area is 171 Å². The van der Waals surface area contributed by atoms with Gasteiger partial charge in [0.25, 0.3) is 0 Å². The third-order valence-corrected chi connectivity index (χ3v) is 4.91. The summed E-state index contributed by atoms with van der Waals surface area (Å²) in [4.78, 5) is 0.196. The zero-order chi connectivity index (χ0) is 22.0. The van der Waals surface area contributed by atoms with E-state index in [1.54, 1.807) is 6.07 Å². The fourth-order valence-electron chi connectivity index (χ4n) is 1.88. The van der Waals surface area contributed by atoms with E-state index in [0.29, 0.717) is 0 Å². The third-order valence-electron chi connectivity index (χ3n) is 3.12. The second-order valence-corrected chi connectivity index (χ2v) is 8.46. The average molecular weight is 418 g/mol. The Morgan fingerprint density at radius 1 is 0.586 bits per heavy atom. The molecular formula is C22H25O6S. The van der Waals surface area contributed by atoms with Crippen LogP contribution in [-0.4, -0.2) is 28.8 Å². The van der Waals surface area contributed by atoms with Crippen LogP contribution in [-0.2, 0) is 9.84 Å². The van der Waals surface area contributed by atoms with E-state index in [2.05, 4.69) is 20.8 Å². The molecule has 0 aliphatic carbocycles. The van der Waals surface area contributed by atoms with Crippen molar-refractivity contribution in [1.82, 2.24) is 0 Å². The Hall–Kier alpha value is -3.19. The van der Waals surface area contributed by atoms with Crippen molar-refractivity contribution in [3.8, 4) is 23.0 Å². The minimum Gasteiger partial charge on any atom is -0.508 e. The summed E-state index contributed by atoms with van der Waals surface area (Å²) < 4.78 is 24.2. The van der Waals surface area contributed by atoms with Crippen molar-refractivity contribution in [3.05, 3.63) is 78.7 Å². The Balaban J connectivity index is 0.000000290. The van der Waals surface area contributed by atoms with Crippen LogP contribution in [0.1, 0.15) is 20.8 Å². The minimum absolute atomic E-state index is 0.00894. The van der Waals surface area contributed by atoms with Crippen LogP contribution >= 0.6 is 0 Å². The summed E-state index contributed by atoms with van der Waals surface area (Å²) in [7, 11) is -3.59. The molecule has 0 fully saturated rings. The second-order valence-electron chi connectivity index (χ2n) is 6.51. The molecule has 0 unspecified atom stereocenters. The Kier molecular flexibility index (Phi) is 9.02. The first kappa shape index (κ1) is 23.8. The van der Waals surface area contributed by atoms with E-state index in [-0.39, 0.29) is 32.8 Å². The lowest BCUT2D eigenvalue weighted by atomic mass is 10.3. The van der Waals surface area contributed by atoms with Crippen LogP contribution in [0.25, 0.3) is 0 Å². The molecule has 0 spiro atoms. The lowest BCUT2D eigenvalue weighted by Crippen LogP contribution is -2.01. The highest BCUT2D eigenvalue weighted by molar-refractivity contribution is 7.91. The van der Waals surface area contributed by atoms with Crippen molar-refractivity contribution < 1.29 is 28.8 Å². The van der Waals surface area contributed by atoms with Crippen LogP contribution in [0.4, 0.5) is 0 Å². The van der Waals surface area contributed by atoms with E-state index >= 15 is 0 Å². The normalized spacial score (nSPS) is 10.3. The summed E-state index contributed by atoms with van der Waals surface area (Å²) in [5.41, 5.74) is 0. The number of sulfone groups is 1. The molecule has 3 rings (SSSR count). The van der Waals surface area contributed by atoms with Crippen molar-refractivity contribution in [2.75, 3.05) is 0 Å². The number of hydrogen-bond acceptors (Lipinski definition) is 6. The van der Waals surface area contributed by atoms with Crippen molar-refractivity contribution in [2.45, 2.75) is 30.6 Å². The molecule has 0 amide bonds. The molecule has 4 N–H and O–H groups in total. The molecule has 0 saturated heterocycles. The quantitative estimate of drug-likeness (QED) is 0.482. The number of phenolic OH excluding ortho intramolecular Hbond substituents is 4. The van der Waals surface area contributed by atoms with Crippen LogP contribution < -0.4 is 0 Å². The summed E-state index contributed by atoms with van der Waals surface area (Å²) in [6, 6.07) is 16.4. The largest absolute Gasteiger partial charge is 0.508 e. The van der Waals surface area contributed by atoms with Crippen molar-refractivity contribution in [3.63, 3.8) is 0 Å². The molecule has 1 radical (unpaired) electrons. The van der Waals surface area contributed by atoms with Gasteiger partial charge in [-0.3, -0.25) is 0 Å². The summed E-state index contributed by atoms with van der Waals surface area (Å²) in [5, 5.41) is 35.5. The van der Waals surface area contributed by atoms with Crippen LogP contribution in [0.3, 0.4) is 0 Å². The molecular weight excluding hydrogens is 392 g/mol. The van der Waals surface area contributed by atoms with E-state index in [4.69, 9.17) is 20.4 Å². The zero-order valence-corrected chi connectivity index (χ0v) is 17.3. The highest BCUT2D eigenvalue weighted by atomic mass is 32.2. The third kappa shape index (κ3) is 8.57. The SMILES string of the molecule is C[C](C)C.O=S(=O)(c1ccc(O)cc1)c1ccc(O)cc1.Oc1cccc(O)c1. The van der Waals surface area contributed by atoms with Crippen molar-refractivity contribution in [2.24, 2.45) is 0 Å². The Morgan fingerprint density at radius 2 is 0.897 bits per heavy atom. The standard InChI is InChI=1S/C12H10O4S.C6H6O2.C4H9/c13-9-1-5-11(6-2-9)17(15,16)12-7-3-10(14)4-8-12;7-5-2-1-3-6(8)4-5;1-4(2)3/h1-8,13-14H;1-4,7-8H;1-3H3. The monoisotopic (exact) mass is 417 g/mol. The van der Waals surface area contributed by atoms with Gasteiger partial charge in [-0.25, -0.2) is 8.42 Å². The number of hydrogen-bond donors (Lipinski definition) is 4. The van der Waals surface area contributed by atoms with Crippen LogP contribution in [0.15, 0.2) is 82.6 Å². The van der Waals surface area contributed by atoms with E-state index in [1.807, 2.05) is 0 Å². The molecule has 155 valence electrons. The maximum absolute atomic E-state index is 12.1. The van der Waals surface area contributed by atoms with E-state index in [1.165, 1.54) is 72.6 Å². The minimum atomic E-state index is -3.59. The summed E-state index contributed by atoms with van der Waals surface area (Å²) in [5.74, 6) is 1.61. The molecule has 0 bridgehead atoms. The molecule has 29 heavy (non-hydrogen) atoms. The number of aromatic hydroxyl groups is 4. The summed E-state index contributed by atoms with van der Waals surface area (Å²) >= 11 is 0. The molecule has 6 nitrogen and oxygen atoms in total. The zero-order valence-electron chi connectivity index (χ0n) is 16.4. The van der Waals surface area contributed by atoms with Gasteiger partial charge >= 0.3 is 0 Å².